The van der Waals surface area contributed by atoms with Crippen LogP contribution in [-0.4, -0.2) is 16.9 Å². The van der Waals surface area contributed by atoms with Crippen molar-refractivity contribution >= 4 is 21.8 Å². The highest BCUT2D eigenvalue weighted by atomic mass is 79.9. The Morgan fingerprint density at radius 2 is 1.91 bits per heavy atom. The fourth-order valence-corrected chi connectivity index (χ4v) is 3.05. The van der Waals surface area contributed by atoms with Gasteiger partial charge in [-0.1, -0.05) is 52.3 Å². The molecule has 1 amide bonds. The minimum Gasteiger partial charge on any atom is -0.364 e. The Kier molecular flexibility index (Phi) is 4.60. The molecule has 0 spiro atoms. The average Bonchev–Trinajstić information content (AvgIpc) is 2.95. The van der Waals surface area contributed by atoms with E-state index in [-0.39, 0.29) is 5.91 Å². The number of hydrogen-bond acceptors (Lipinski definition) is 2. The summed E-state index contributed by atoms with van der Waals surface area (Å²) < 4.78 is 6.77. The van der Waals surface area contributed by atoms with Crippen molar-refractivity contribution in [2.75, 3.05) is 0 Å². The van der Waals surface area contributed by atoms with Gasteiger partial charge in [0.25, 0.3) is 5.91 Å². The van der Waals surface area contributed by atoms with Crippen molar-refractivity contribution in [1.29, 1.82) is 0 Å². The Morgan fingerprint density at radius 1 is 1.18 bits per heavy atom. The second-order valence-corrected chi connectivity index (χ2v) is 6.46. The topological polar surface area (TPSA) is 29.5 Å². The van der Waals surface area contributed by atoms with Gasteiger partial charge in [-0.25, -0.2) is 0 Å². The third kappa shape index (κ3) is 3.39. The van der Waals surface area contributed by atoms with E-state index in [9.17, 15) is 4.79 Å². The highest BCUT2D eigenvalue weighted by Crippen LogP contribution is 2.26. The van der Waals surface area contributed by atoms with Crippen LogP contribution in [-0.2, 0) is 29.2 Å². The Balaban J connectivity index is 1.58. The predicted molar refractivity (Wildman–Crippen MR) is 89.1 cm³/mol. The molecule has 0 saturated heterocycles. The molecule has 3 rings (SSSR count). The molecule has 114 valence electrons. The molecule has 2 aromatic carbocycles. The van der Waals surface area contributed by atoms with Crippen molar-refractivity contribution in [1.82, 2.24) is 4.90 Å². The van der Waals surface area contributed by atoms with Gasteiger partial charge in [-0.2, -0.15) is 0 Å². The quantitative estimate of drug-likeness (QED) is 0.828. The fraction of sp³-hybridized carbons (Fsp3) is 0.278. The third-order valence-corrected chi connectivity index (χ3v) is 4.39. The monoisotopic (exact) mass is 359 g/mol. The first kappa shape index (κ1) is 15.3. The molecule has 0 fully saturated rings. The molecule has 0 aliphatic carbocycles. The average molecular weight is 360 g/mol. The lowest BCUT2D eigenvalue weighted by Gasteiger charge is -2.20. The molecule has 22 heavy (non-hydrogen) atoms. The number of nitrogens with zero attached hydrogens (tertiary/aromatic N) is 1. The maximum atomic E-state index is 12.5. The Morgan fingerprint density at radius 3 is 2.68 bits per heavy atom. The van der Waals surface area contributed by atoms with Gasteiger partial charge in [0.05, 0.1) is 6.61 Å². The number of fused-ring (bicyclic) bond motifs is 1. The van der Waals surface area contributed by atoms with Crippen LogP contribution in [0.5, 0.6) is 0 Å². The van der Waals surface area contributed by atoms with Crippen molar-refractivity contribution < 1.29 is 9.53 Å². The van der Waals surface area contributed by atoms with Crippen LogP contribution in [0.4, 0.5) is 0 Å². The summed E-state index contributed by atoms with van der Waals surface area (Å²) in [4.78, 5) is 14.4. The zero-order chi connectivity index (χ0) is 15.5. The van der Waals surface area contributed by atoms with Crippen molar-refractivity contribution in [3.05, 3.63) is 69.7 Å². The van der Waals surface area contributed by atoms with Crippen molar-refractivity contribution in [3.8, 4) is 0 Å². The first-order chi connectivity index (χ1) is 10.6. The molecule has 0 saturated carbocycles. The second-order valence-electron chi connectivity index (χ2n) is 5.55. The van der Waals surface area contributed by atoms with E-state index >= 15 is 0 Å². The molecular weight excluding hydrogens is 342 g/mol. The molecule has 1 unspecified atom stereocenters. The van der Waals surface area contributed by atoms with E-state index in [0.717, 1.165) is 10.0 Å². The van der Waals surface area contributed by atoms with E-state index in [2.05, 4.69) is 28.1 Å². The molecule has 0 N–H and O–H groups in total. The van der Waals surface area contributed by atoms with Crippen molar-refractivity contribution in [2.24, 2.45) is 0 Å². The SMILES string of the molecule is CC(OCc1ccccc1)C(=O)N1Cc2ccc(Br)cc2C1. The summed E-state index contributed by atoms with van der Waals surface area (Å²) in [5.41, 5.74) is 3.50. The van der Waals surface area contributed by atoms with E-state index in [1.165, 1.54) is 11.1 Å². The number of carbonyl (C=O) groups excluding carboxylic acids is 1. The Bertz CT molecular complexity index is 672. The van der Waals surface area contributed by atoms with Gasteiger partial charge in [-0.3, -0.25) is 4.79 Å². The van der Waals surface area contributed by atoms with E-state index in [1.54, 1.807) is 0 Å². The van der Waals surface area contributed by atoms with Gasteiger partial charge in [-0.05, 0) is 35.7 Å². The van der Waals surface area contributed by atoms with Gasteiger partial charge < -0.3 is 9.64 Å². The van der Waals surface area contributed by atoms with Gasteiger partial charge in [0.15, 0.2) is 0 Å². The standard InChI is InChI=1S/C18H18BrNO2/c1-13(22-12-14-5-3-2-4-6-14)18(21)20-10-15-7-8-17(19)9-16(15)11-20/h2-9,13H,10-12H2,1H3. The summed E-state index contributed by atoms with van der Waals surface area (Å²) in [7, 11) is 0. The summed E-state index contributed by atoms with van der Waals surface area (Å²) in [6, 6.07) is 16.1. The van der Waals surface area contributed by atoms with Gasteiger partial charge in [0, 0.05) is 17.6 Å². The highest BCUT2D eigenvalue weighted by Gasteiger charge is 2.27. The van der Waals surface area contributed by atoms with Crippen molar-refractivity contribution in [3.63, 3.8) is 0 Å². The smallest absolute Gasteiger partial charge is 0.252 e. The largest absolute Gasteiger partial charge is 0.364 e. The van der Waals surface area contributed by atoms with Gasteiger partial charge >= 0.3 is 0 Å². The molecule has 1 aliphatic rings. The molecule has 1 aliphatic heterocycles. The summed E-state index contributed by atoms with van der Waals surface area (Å²) >= 11 is 3.47. The van der Waals surface area contributed by atoms with Crippen LogP contribution < -0.4 is 0 Å². The normalized spacial score (nSPS) is 14.7. The lowest BCUT2D eigenvalue weighted by molar-refractivity contribution is -0.144. The molecule has 1 heterocycles. The minimum absolute atomic E-state index is 0.0447. The van der Waals surface area contributed by atoms with Gasteiger partial charge in [0.2, 0.25) is 0 Å². The third-order valence-electron chi connectivity index (χ3n) is 3.89. The lowest BCUT2D eigenvalue weighted by atomic mass is 10.1. The van der Waals surface area contributed by atoms with Crippen LogP contribution in [0.3, 0.4) is 0 Å². The van der Waals surface area contributed by atoms with E-state index < -0.39 is 6.10 Å². The minimum atomic E-state index is -0.432. The fourth-order valence-electron chi connectivity index (χ4n) is 2.64. The molecule has 3 nitrogen and oxygen atoms in total. The molecule has 0 bridgehead atoms. The number of carbonyl (C=O) groups is 1. The first-order valence-electron chi connectivity index (χ1n) is 7.35. The van der Waals surface area contributed by atoms with E-state index in [4.69, 9.17) is 4.74 Å². The summed E-state index contributed by atoms with van der Waals surface area (Å²) in [5.74, 6) is 0.0447. The van der Waals surface area contributed by atoms with Crippen LogP contribution >= 0.6 is 15.9 Å². The number of rotatable bonds is 4. The number of halogens is 1. The van der Waals surface area contributed by atoms with Crippen LogP contribution in [0, 0.1) is 0 Å². The second kappa shape index (κ2) is 6.63. The summed E-state index contributed by atoms with van der Waals surface area (Å²) in [6.07, 6.45) is -0.432. The molecule has 0 aromatic heterocycles. The summed E-state index contributed by atoms with van der Waals surface area (Å²) in [5, 5.41) is 0. The van der Waals surface area contributed by atoms with Gasteiger partial charge in [0.1, 0.15) is 6.10 Å². The molecule has 1 atom stereocenters. The van der Waals surface area contributed by atoms with Crippen LogP contribution in [0.25, 0.3) is 0 Å². The predicted octanol–water partition coefficient (Wildman–Crippen LogP) is 3.90. The first-order valence-corrected chi connectivity index (χ1v) is 8.14. The lowest BCUT2D eigenvalue weighted by Crippen LogP contribution is -2.35. The van der Waals surface area contributed by atoms with Crippen LogP contribution in [0.15, 0.2) is 53.0 Å². The number of benzene rings is 2. The zero-order valence-corrected chi connectivity index (χ0v) is 14.0. The van der Waals surface area contributed by atoms with E-state index in [1.807, 2.05) is 48.2 Å². The van der Waals surface area contributed by atoms with Gasteiger partial charge in [-0.15, -0.1) is 0 Å². The number of amides is 1. The number of ether oxygens (including phenoxy) is 1. The molecule has 0 radical (unpaired) electrons. The Labute approximate surface area is 139 Å². The molecule has 2 aromatic rings. The van der Waals surface area contributed by atoms with Crippen molar-refractivity contribution in [2.45, 2.75) is 32.7 Å². The van der Waals surface area contributed by atoms with Crippen LogP contribution in [0.2, 0.25) is 0 Å². The molecule has 4 heteroatoms. The summed E-state index contributed by atoms with van der Waals surface area (Å²) in [6.45, 7) is 3.61. The highest BCUT2D eigenvalue weighted by molar-refractivity contribution is 9.10. The van der Waals surface area contributed by atoms with Crippen LogP contribution in [0.1, 0.15) is 23.6 Å². The maximum Gasteiger partial charge on any atom is 0.252 e. The zero-order valence-electron chi connectivity index (χ0n) is 12.5. The molecular formula is C18H18BrNO2. The van der Waals surface area contributed by atoms with E-state index in [0.29, 0.717) is 19.7 Å². The number of hydrogen-bond donors (Lipinski definition) is 0. The Hall–Kier alpha value is -1.65. The maximum absolute atomic E-state index is 12.5.